The zero-order chi connectivity index (χ0) is 11.5. The average Bonchev–Trinajstić information content (AvgIpc) is 3.02. The predicted octanol–water partition coefficient (Wildman–Crippen LogP) is 2.75. The summed E-state index contributed by atoms with van der Waals surface area (Å²) in [5, 5.41) is 3.45. The highest BCUT2D eigenvalue weighted by molar-refractivity contribution is 5.48. The van der Waals surface area contributed by atoms with E-state index in [2.05, 4.69) is 34.3 Å². The molecule has 1 unspecified atom stereocenters. The molecule has 1 fully saturated rings. The fraction of sp³-hybridized carbons (Fsp3) is 0.615. The van der Waals surface area contributed by atoms with E-state index >= 15 is 0 Å². The lowest BCUT2D eigenvalue weighted by molar-refractivity contribution is 0.640. The van der Waals surface area contributed by atoms with Crippen LogP contribution in [0.25, 0.3) is 0 Å². The topological polar surface area (TPSA) is 28.2 Å². The van der Waals surface area contributed by atoms with Gasteiger partial charge in [0.15, 0.2) is 0 Å². The van der Waals surface area contributed by atoms with Crippen molar-refractivity contribution >= 4 is 11.5 Å². The van der Waals surface area contributed by atoms with Crippen LogP contribution in [-0.2, 0) is 0 Å². The minimum Gasteiger partial charge on any atom is -0.376 e. The van der Waals surface area contributed by atoms with Crippen molar-refractivity contribution in [1.82, 2.24) is 4.98 Å². The number of rotatable bonds is 5. The lowest BCUT2D eigenvalue weighted by atomic mass is 10.1. The van der Waals surface area contributed by atoms with Crippen molar-refractivity contribution in [2.45, 2.75) is 32.2 Å². The third kappa shape index (κ3) is 3.12. The van der Waals surface area contributed by atoms with Gasteiger partial charge in [-0.25, -0.2) is 4.98 Å². The van der Waals surface area contributed by atoms with E-state index in [-0.39, 0.29) is 0 Å². The minimum atomic E-state index is 0.533. The monoisotopic (exact) mass is 219 g/mol. The van der Waals surface area contributed by atoms with Gasteiger partial charge in [-0.05, 0) is 31.4 Å². The molecule has 0 bridgehead atoms. The third-order valence-electron chi connectivity index (χ3n) is 3.04. The van der Waals surface area contributed by atoms with E-state index < -0.39 is 0 Å². The van der Waals surface area contributed by atoms with Crippen LogP contribution in [0.3, 0.4) is 0 Å². The Morgan fingerprint density at radius 1 is 1.44 bits per heavy atom. The molecule has 1 N–H and O–H groups in total. The van der Waals surface area contributed by atoms with Crippen molar-refractivity contribution in [2.24, 2.45) is 5.92 Å². The third-order valence-corrected chi connectivity index (χ3v) is 3.04. The van der Waals surface area contributed by atoms with Crippen molar-refractivity contribution < 1.29 is 0 Å². The van der Waals surface area contributed by atoms with Crippen LogP contribution >= 0.6 is 0 Å². The molecule has 0 spiro atoms. The van der Waals surface area contributed by atoms with E-state index in [0.29, 0.717) is 6.04 Å². The van der Waals surface area contributed by atoms with E-state index in [4.69, 9.17) is 0 Å². The van der Waals surface area contributed by atoms with Gasteiger partial charge in [-0.2, -0.15) is 0 Å². The van der Waals surface area contributed by atoms with Crippen molar-refractivity contribution in [3.8, 4) is 0 Å². The molecular weight excluding hydrogens is 198 g/mol. The van der Waals surface area contributed by atoms with E-state index in [1.807, 2.05) is 20.3 Å². The minimum absolute atomic E-state index is 0.533. The molecule has 88 valence electrons. The van der Waals surface area contributed by atoms with Crippen molar-refractivity contribution in [3.63, 3.8) is 0 Å². The summed E-state index contributed by atoms with van der Waals surface area (Å²) in [7, 11) is 4.06. The van der Waals surface area contributed by atoms with Gasteiger partial charge in [0.1, 0.15) is 5.82 Å². The lowest BCUT2D eigenvalue weighted by Gasteiger charge is -2.16. The number of nitrogens with zero attached hydrogens (tertiary/aromatic N) is 2. The van der Waals surface area contributed by atoms with E-state index in [1.165, 1.54) is 19.3 Å². The van der Waals surface area contributed by atoms with Gasteiger partial charge < -0.3 is 10.2 Å². The van der Waals surface area contributed by atoms with Crippen LogP contribution < -0.4 is 10.2 Å². The maximum absolute atomic E-state index is 4.41. The Kier molecular flexibility index (Phi) is 3.32. The van der Waals surface area contributed by atoms with Crippen LogP contribution in [-0.4, -0.2) is 25.1 Å². The number of hydrogen-bond acceptors (Lipinski definition) is 3. The summed E-state index contributed by atoms with van der Waals surface area (Å²) in [6.07, 6.45) is 6.02. The molecule has 0 aromatic carbocycles. The van der Waals surface area contributed by atoms with Crippen LogP contribution in [0.1, 0.15) is 26.2 Å². The first-order valence-electron chi connectivity index (χ1n) is 6.05. The molecule has 1 heterocycles. The highest BCUT2D eigenvalue weighted by Crippen LogP contribution is 2.33. The lowest BCUT2D eigenvalue weighted by Crippen LogP contribution is -2.17. The average molecular weight is 219 g/mol. The smallest absolute Gasteiger partial charge is 0.126 e. The van der Waals surface area contributed by atoms with Crippen molar-refractivity contribution in [1.29, 1.82) is 0 Å². The molecule has 0 radical (unpaired) electrons. The molecule has 3 nitrogen and oxygen atoms in total. The standard InChI is InChI=1S/C13H21N3/c1-10(8-11-4-5-11)15-13-7-6-12(9-14-13)16(2)3/h6-7,9-11H,4-5,8H2,1-3H3,(H,14,15). The molecule has 1 aromatic heterocycles. The summed E-state index contributed by atoms with van der Waals surface area (Å²) in [4.78, 5) is 6.47. The molecule has 1 aromatic rings. The number of pyridine rings is 1. The highest BCUT2D eigenvalue weighted by atomic mass is 15.1. The fourth-order valence-corrected chi connectivity index (χ4v) is 1.90. The van der Waals surface area contributed by atoms with Gasteiger partial charge >= 0.3 is 0 Å². The second-order valence-corrected chi connectivity index (χ2v) is 5.02. The molecule has 1 saturated carbocycles. The quantitative estimate of drug-likeness (QED) is 0.825. The normalized spacial score (nSPS) is 16.9. The molecule has 1 atom stereocenters. The molecule has 3 heteroatoms. The Hall–Kier alpha value is -1.25. The van der Waals surface area contributed by atoms with Gasteiger partial charge in [0, 0.05) is 20.1 Å². The van der Waals surface area contributed by atoms with E-state index in [1.54, 1.807) is 0 Å². The van der Waals surface area contributed by atoms with E-state index in [0.717, 1.165) is 17.4 Å². The highest BCUT2D eigenvalue weighted by Gasteiger charge is 2.23. The largest absolute Gasteiger partial charge is 0.376 e. The van der Waals surface area contributed by atoms with Crippen LogP contribution in [0.2, 0.25) is 0 Å². The number of nitrogens with one attached hydrogen (secondary N) is 1. The number of hydrogen-bond donors (Lipinski definition) is 1. The maximum Gasteiger partial charge on any atom is 0.126 e. The summed E-state index contributed by atoms with van der Waals surface area (Å²) in [6, 6.07) is 4.68. The molecule has 16 heavy (non-hydrogen) atoms. The number of anilines is 2. The first-order valence-corrected chi connectivity index (χ1v) is 6.05. The Bertz CT molecular complexity index is 328. The summed E-state index contributed by atoms with van der Waals surface area (Å²) in [5.41, 5.74) is 1.14. The van der Waals surface area contributed by atoms with Gasteiger partial charge in [-0.3, -0.25) is 0 Å². The van der Waals surface area contributed by atoms with Gasteiger partial charge in [0.2, 0.25) is 0 Å². The predicted molar refractivity (Wildman–Crippen MR) is 69.0 cm³/mol. The summed E-state index contributed by atoms with van der Waals surface area (Å²) >= 11 is 0. The summed E-state index contributed by atoms with van der Waals surface area (Å²) < 4.78 is 0. The SMILES string of the molecule is CC(CC1CC1)Nc1ccc(N(C)C)cn1. The van der Waals surface area contributed by atoms with Gasteiger partial charge in [0.25, 0.3) is 0 Å². The van der Waals surface area contributed by atoms with Gasteiger partial charge in [-0.15, -0.1) is 0 Å². The molecule has 1 aliphatic carbocycles. The van der Waals surface area contributed by atoms with Gasteiger partial charge in [-0.1, -0.05) is 12.8 Å². The van der Waals surface area contributed by atoms with Crippen LogP contribution in [0, 0.1) is 5.92 Å². The molecular formula is C13H21N3. The molecule has 0 amide bonds. The second kappa shape index (κ2) is 4.73. The van der Waals surface area contributed by atoms with Crippen molar-refractivity contribution in [2.75, 3.05) is 24.3 Å². The first kappa shape index (κ1) is 11.2. The Balaban J connectivity index is 1.88. The second-order valence-electron chi connectivity index (χ2n) is 5.02. The molecule has 0 saturated heterocycles. The van der Waals surface area contributed by atoms with Crippen LogP contribution in [0.15, 0.2) is 18.3 Å². The summed E-state index contributed by atoms with van der Waals surface area (Å²) in [6.45, 7) is 2.24. The first-order chi connectivity index (χ1) is 7.65. The Morgan fingerprint density at radius 3 is 2.69 bits per heavy atom. The van der Waals surface area contributed by atoms with E-state index in [9.17, 15) is 0 Å². The molecule has 0 aliphatic heterocycles. The zero-order valence-corrected chi connectivity index (χ0v) is 10.4. The Labute approximate surface area is 97.9 Å². The van der Waals surface area contributed by atoms with Crippen molar-refractivity contribution in [3.05, 3.63) is 18.3 Å². The van der Waals surface area contributed by atoms with Crippen LogP contribution in [0.4, 0.5) is 11.5 Å². The van der Waals surface area contributed by atoms with Crippen LogP contribution in [0.5, 0.6) is 0 Å². The maximum atomic E-state index is 4.41. The van der Waals surface area contributed by atoms with Gasteiger partial charge in [0.05, 0.1) is 11.9 Å². The zero-order valence-electron chi connectivity index (χ0n) is 10.4. The summed E-state index contributed by atoms with van der Waals surface area (Å²) in [5.74, 6) is 1.95. The molecule has 1 aliphatic rings. The fourth-order valence-electron chi connectivity index (χ4n) is 1.90. The Morgan fingerprint density at radius 2 is 2.19 bits per heavy atom. The molecule has 2 rings (SSSR count). The number of aromatic nitrogens is 1.